The van der Waals surface area contributed by atoms with Gasteiger partial charge in [0.05, 0.1) is 6.54 Å². The first-order valence-corrected chi connectivity index (χ1v) is 8.63. The standard InChI is InChI=1S/C18H25N3O4/c1-2-3-8-15(17(23)24)20-16(22)11-19-18(25)21-10-9-13-6-4-5-7-14(13)12-21/h4-7,15H,2-3,8-12H2,1H3,(H,19,25)(H,20,22)(H,23,24). The van der Waals surface area contributed by atoms with Gasteiger partial charge in [-0.2, -0.15) is 0 Å². The van der Waals surface area contributed by atoms with E-state index in [0.29, 0.717) is 19.5 Å². The monoisotopic (exact) mass is 347 g/mol. The van der Waals surface area contributed by atoms with Crippen LogP contribution in [0.2, 0.25) is 0 Å². The minimum absolute atomic E-state index is 0.229. The summed E-state index contributed by atoms with van der Waals surface area (Å²) in [6, 6.07) is 6.75. The number of hydrogen-bond donors (Lipinski definition) is 3. The quantitative estimate of drug-likeness (QED) is 0.696. The molecule has 0 spiro atoms. The van der Waals surface area contributed by atoms with Crippen LogP contribution in [0, 0.1) is 0 Å². The third-order valence-electron chi connectivity index (χ3n) is 4.30. The Morgan fingerprint density at radius 2 is 1.96 bits per heavy atom. The highest BCUT2D eigenvalue weighted by molar-refractivity contribution is 5.87. The molecule has 1 aromatic rings. The van der Waals surface area contributed by atoms with Gasteiger partial charge >= 0.3 is 12.0 Å². The normalized spacial score (nSPS) is 14.4. The molecule has 0 saturated heterocycles. The highest BCUT2D eigenvalue weighted by atomic mass is 16.4. The molecule has 1 atom stereocenters. The van der Waals surface area contributed by atoms with Gasteiger partial charge in [0.2, 0.25) is 5.91 Å². The van der Waals surface area contributed by atoms with Gasteiger partial charge in [-0.1, -0.05) is 44.0 Å². The number of carbonyl (C=O) groups excluding carboxylic acids is 2. The molecule has 1 aliphatic heterocycles. The molecule has 1 aliphatic rings. The Hall–Kier alpha value is -2.57. The molecule has 3 amide bonds. The molecule has 0 radical (unpaired) electrons. The fourth-order valence-electron chi connectivity index (χ4n) is 2.85. The van der Waals surface area contributed by atoms with E-state index in [-0.39, 0.29) is 12.6 Å². The van der Waals surface area contributed by atoms with Crippen molar-refractivity contribution in [1.29, 1.82) is 0 Å². The van der Waals surface area contributed by atoms with E-state index in [0.717, 1.165) is 24.8 Å². The number of nitrogens with zero attached hydrogens (tertiary/aromatic N) is 1. The summed E-state index contributed by atoms with van der Waals surface area (Å²) < 4.78 is 0. The molecule has 1 heterocycles. The van der Waals surface area contributed by atoms with E-state index in [4.69, 9.17) is 5.11 Å². The van der Waals surface area contributed by atoms with Crippen LogP contribution in [0.5, 0.6) is 0 Å². The minimum Gasteiger partial charge on any atom is -0.480 e. The number of amides is 3. The molecule has 0 aromatic heterocycles. The Kier molecular flexibility index (Phi) is 6.80. The Morgan fingerprint density at radius 1 is 1.24 bits per heavy atom. The van der Waals surface area contributed by atoms with Crippen LogP contribution in [0.15, 0.2) is 24.3 Å². The number of aliphatic carboxylic acids is 1. The predicted molar refractivity (Wildman–Crippen MR) is 93.0 cm³/mol. The summed E-state index contributed by atoms with van der Waals surface area (Å²) in [6.45, 7) is 2.83. The number of unbranched alkanes of at least 4 members (excludes halogenated alkanes) is 1. The molecule has 7 heteroatoms. The van der Waals surface area contributed by atoms with E-state index in [1.807, 2.05) is 25.1 Å². The van der Waals surface area contributed by atoms with Crippen molar-refractivity contribution in [3.05, 3.63) is 35.4 Å². The number of carboxylic acid groups (broad SMARTS) is 1. The molecule has 0 saturated carbocycles. The van der Waals surface area contributed by atoms with Gasteiger partial charge < -0.3 is 20.6 Å². The van der Waals surface area contributed by atoms with Crippen molar-refractivity contribution in [2.45, 2.75) is 45.2 Å². The molecule has 0 bridgehead atoms. The summed E-state index contributed by atoms with van der Waals surface area (Å²) in [5.74, 6) is -1.55. The van der Waals surface area contributed by atoms with E-state index in [2.05, 4.69) is 16.7 Å². The molecule has 0 aliphatic carbocycles. The molecular weight excluding hydrogens is 322 g/mol. The summed E-state index contributed by atoms with van der Waals surface area (Å²) in [6.07, 6.45) is 2.74. The number of carbonyl (C=O) groups is 3. The fourth-order valence-corrected chi connectivity index (χ4v) is 2.85. The van der Waals surface area contributed by atoms with Gasteiger partial charge in [-0.25, -0.2) is 9.59 Å². The van der Waals surface area contributed by atoms with Crippen LogP contribution in [0.4, 0.5) is 4.79 Å². The maximum atomic E-state index is 12.2. The minimum atomic E-state index is -1.05. The van der Waals surface area contributed by atoms with E-state index in [1.54, 1.807) is 4.90 Å². The molecule has 136 valence electrons. The van der Waals surface area contributed by atoms with Crippen LogP contribution in [0.1, 0.15) is 37.3 Å². The third kappa shape index (κ3) is 5.48. The average Bonchev–Trinajstić information content (AvgIpc) is 2.62. The van der Waals surface area contributed by atoms with E-state index in [9.17, 15) is 14.4 Å². The Balaban J connectivity index is 1.79. The lowest BCUT2D eigenvalue weighted by Crippen LogP contribution is -2.49. The predicted octanol–water partition coefficient (Wildman–Crippen LogP) is 1.51. The van der Waals surface area contributed by atoms with Gasteiger partial charge in [0.15, 0.2) is 0 Å². The number of hydrogen-bond acceptors (Lipinski definition) is 3. The van der Waals surface area contributed by atoms with E-state index < -0.39 is 17.9 Å². The van der Waals surface area contributed by atoms with Crippen LogP contribution in [0.3, 0.4) is 0 Å². The van der Waals surface area contributed by atoms with Gasteiger partial charge in [-0.15, -0.1) is 0 Å². The summed E-state index contributed by atoms with van der Waals surface area (Å²) in [5.41, 5.74) is 2.35. The van der Waals surface area contributed by atoms with Crippen molar-refractivity contribution < 1.29 is 19.5 Å². The molecule has 1 aromatic carbocycles. The van der Waals surface area contributed by atoms with Crippen molar-refractivity contribution in [3.8, 4) is 0 Å². The second-order valence-electron chi connectivity index (χ2n) is 6.20. The van der Waals surface area contributed by atoms with Crippen molar-refractivity contribution in [2.24, 2.45) is 0 Å². The van der Waals surface area contributed by atoms with Crippen LogP contribution in [-0.4, -0.2) is 47.0 Å². The van der Waals surface area contributed by atoms with Crippen LogP contribution in [0.25, 0.3) is 0 Å². The van der Waals surface area contributed by atoms with Gasteiger partial charge in [0, 0.05) is 13.1 Å². The zero-order valence-electron chi connectivity index (χ0n) is 14.5. The van der Waals surface area contributed by atoms with Gasteiger partial charge in [-0.3, -0.25) is 4.79 Å². The molecule has 1 unspecified atom stereocenters. The lowest BCUT2D eigenvalue weighted by Gasteiger charge is -2.28. The lowest BCUT2D eigenvalue weighted by atomic mass is 10.0. The highest BCUT2D eigenvalue weighted by Gasteiger charge is 2.22. The number of nitrogens with one attached hydrogen (secondary N) is 2. The maximum Gasteiger partial charge on any atom is 0.326 e. The molecular formula is C18H25N3O4. The van der Waals surface area contributed by atoms with Gasteiger partial charge in [-0.05, 0) is 24.0 Å². The third-order valence-corrected chi connectivity index (χ3v) is 4.30. The van der Waals surface area contributed by atoms with Crippen LogP contribution < -0.4 is 10.6 Å². The highest BCUT2D eigenvalue weighted by Crippen LogP contribution is 2.18. The first kappa shape index (κ1) is 18.8. The summed E-state index contributed by atoms with van der Waals surface area (Å²) in [7, 11) is 0. The largest absolute Gasteiger partial charge is 0.480 e. The van der Waals surface area contributed by atoms with Crippen molar-refractivity contribution >= 4 is 17.9 Å². The Morgan fingerprint density at radius 3 is 2.64 bits per heavy atom. The molecule has 2 rings (SSSR count). The van der Waals surface area contributed by atoms with Crippen LogP contribution >= 0.6 is 0 Å². The first-order valence-electron chi connectivity index (χ1n) is 8.63. The molecule has 0 fully saturated rings. The van der Waals surface area contributed by atoms with Gasteiger partial charge in [0.25, 0.3) is 0 Å². The SMILES string of the molecule is CCCCC(NC(=O)CNC(=O)N1CCc2ccccc2C1)C(=O)O. The lowest BCUT2D eigenvalue weighted by molar-refractivity contribution is -0.141. The molecule has 7 nitrogen and oxygen atoms in total. The smallest absolute Gasteiger partial charge is 0.326 e. The van der Waals surface area contributed by atoms with Crippen LogP contribution in [-0.2, 0) is 22.6 Å². The van der Waals surface area contributed by atoms with Gasteiger partial charge in [0.1, 0.15) is 6.04 Å². The number of rotatable bonds is 7. The van der Waals surface area contributed by atoms with Crippen molar-refractivity contribution in [2.75, 3.05) is 13.1 Å². The fraction of sp³-hybridized carbons (Fsp3) is 0.500. The maximum absolute atomic E-state index is 12.2. The van der Waals surface area contributed by atoms with E-state index in [1.165, 1.54) is 5.56 Å². The zero-order valence-corrected chi connectivity index (χ0v) is 14.5. The van der Waals surface area contributed by atoms with Crippen molar-refractivity contribution in [1.82, 2.24) is 15.5 Å². The number of fused-ring (bicyclic) bond motifs is 1. The second kappa shape index (κ2) is 9.05. The summed E-state index contributed by atoms with van der Waals surface area (Å²) in [4.78, 5) is 36.9. The first-order chi connectivity index (χ1) is 12.0. The van der Waals surface area contributed by atoms with Crippen molar-refractivity contribution in [3.63, 3.8) is 0 Å². The average molecular weight is 347 g/mol. The second-order valence-corrected chi connectivity index (χ2v) is 6.20. The topological polar surface area (TPSA) is 98.7 Å². The Labute approximate surface area is 147 Å². The zero-order chi connectivity index (χ0) is 18.2. The summed E-state index contributed by atoms with van der Waals surface area (Å²) >= 11 is 0. The number of benzene rings is 1. The number of urea groups is 1. The summed E-state index contributed by atoms with van der Waals surface area (Å²) in [5, 5.41) is 14.1. The Bertz CT molecular complexity index is 633. The number of carboxylic acids is 1. The molecule has 3 N–H and O–H groups in total. The van der Waals surface area contributed by atoms with E-state index >= 15 is 0 Å². The molecule has 25 heavy (non-hydrogen) atoms.